The first-order valence-corrected chi connectivity index (χ1v) is 8.55. The standard InChI is InChI=1S/C19H20N6/c1-2-10-20-17(8-1)24-18-9-3-7-16(23-18)15-6-4-13-25(14-15)19-21-11-5-12-22-19/h1-3,5,7-12,15H,4,6,13-14H2,(H,20,23,24)/t15-/m1/s1. The van der Waals surface area contributed by atoms with E-state index >= 15 is 0 Å². The van der Waals surface area contributed by atoms with Crippen molar-refractivity contribution in [1.82, 2.24) is 19.9 Å². The van der Waals surface area contributed by atoms with Gasteiger partial charge in [0.25, 0.3) is 0 Å². The van der Waals surface area contributed by atoms with Gasteiger partial charge in [-0.3, -0.25) is 0 Å². The van der Waals surface area contributed by atoms with Gasteiger partial charge in [0.15, 0.2) is 0 Å². The maximum atomic E-state index is 4.80. The number of rotatable bonds is 4. The normalized spacial score (nSPS) is 17.3. The van der Waals surface area contributed by atoms with Crippen LogP contribution in [0.2, 0.25) is 0 Å². The molecule has 3 aromatic heterocycles. The molecule has 1 fully saturated rings. The summed E-state index contributed by atoms with van der Waals surface area (Å²) in [6, 6.07) is 13.8. The molecule has 0 aromatic carbocycles. The molecule has 1 saturated heterocycles. The number of nitrogens with one attached hydrogen (secondary N) is 1. The van der Waals surface area contributed by atoms with Crippen LogP contribution in [0.3, 0.4) is 0 Å². The number of piperidine rings is 1. The van der Waals surface area contributed by atoms with Crippen LogP contribution < -0.4 is 10.2 Å². The van der Waals surface area contributed by atoms with Crippen LogP contribution in [0.25, 0.3) is 0 Å². The molecule has 0 bridgehead atoms. The van der Waals surface area contributed by atoms with Gasteiger partial charge in [-0.2, -0.15) is 0 Å². The lowest BCUT2D eigenvalue weighted by Gasteiger charge is -2.32. The lowest BCUT2D eigenvalue weighted by Crippen LogP contribution is -2.35. The first-order chi connectivity index (χ1) is 12.4. The van der Waals surface area contributed by atoms with Gasteiger partial charge >= 0.3 is 0 Å². The van der Waals surface area contributed by atoms with E-state index in [9.17, 15) is 0 Å². The lowest BCUT2D eigenvalue weighted by molar-refractivity contribution is 0.495. The zero-order valence-corrected chi connectivity index (χ0v) is 13.9. The van der Waals surface area contributed by atoms with Crippen molar-refractivity contribution in [3.63, 3.8) is 0 Å². The van der Waals surface area contributed by atoms with E-state index in [1.807, 2.05) is 36.4 Å². The van der Waals surface area contributed by atoms with Gasteiger partial charge in [-0.1, -0.05) is 12.1 Å². The summed E-state index contributed by atoms with van der Waals surface area (Å²) in [7, 11) is 0. The predicted octanol–water partition coefficient (Wildman–Crippen LogP) is 3.39. The quantitative estimate of drug-likeness (QED) is 0.790. The maximum Gasteiger partial charge on any atom is 0.225 e. The van der Waals surface area contributed by atoms with Crippen LogP contribution in [-0.2, 0) is 0 Å². The Morgan fingerprint density at radius 1 is 0.880 bits per heavy atom. The second kappa shape index (κ2) is 7.25. The van der Waals surface area contributed by atoms with Gasteiger partial charge in [-0.05, 0) is 43.2 Å². The van der Waals surface area contributed by atoms with Gasteiger partial charge in [0.2, 0.25) is 5.95 Å². The van der Waals surface area contributed by atoms with Crippen LogP contribution in [-0.4, -0.2) is 33.0 Å². The van der Waals surface area contributed by atoms with E-state index in [0.717, 1.165) is 49.2 Å². The Bertz CT molecular complexity index is 808. The zero-order chi connectivity index (χ0) is 16.9. The molecule has 3 aromatic rings. The fourth-order valence-electron chi connectivity index (χ4n) is 3.17. The fraction of sp³-hybridized carbons (Fsp3) is 0.263. The molecule has 126 valence electrons. The molecule has 4 rings (SSSR count). The van der Waals surface area contributed by atoms with Gasteiger partial charge < -0.3 is 10.2 Å². The van der Waals surface area contributed by atoms with E-state index in [2.05, 4.69) is 31.2 Å². The number of nitrogens with zero attached hydrogens (tertiary/aromatic N) is 5. The minimum absolute atomic E-state index is 0.378. The van der Waals surface area contributed by atoms with Crippen molar-refractivity contribution in [2.75, 3.05) is 23.3 Å². The number of hydrogen-bond donors (Lipinski definition) is 1. The summed E-state index contributed by atoms with van der Waals surface area (Å²) in [5.41, 5.74) is 1.10. The van der Waals surface area contributed by atoms with Crippen molar-refractivity contribution in [2.24, 2.45) is 0 Å². The Kier molecular flexibility index (Phi) is 4.50. The van der Waals surface area contributed by atoms with Crippen LogP contribution in [0.15, 0.2) is 61.1 Å². The van der Waals surface area contributed by atoms with Crippen molar-refractivity contribution in [1.29, 1.82) is 0 Å². The Morgan fingerprint density at radius 2 is 1.72 bits per heavy atom. The van der Waals surface area contributed by atoms with Crippen LogP contribution in [0.4, 0.5) is 17.6 Å². The minimum atomic E-state index is 0.378. The molecule has 0 amide bonds. The SMILES string of the molecule is c1ccc(Nc2cccc([C@@H]3CCCN(c4ncccn4)C3)n2)nc1. The first kappa shape index (κ1) is 15.5. The molecule has 1 N–H and O–H groups in total. The van der Waals surface area contributed by atoms with Crippen LogP contribution >= 0.6 is 0 Å². The molecule has 0 radical (unpaired) electrons. The molecular weight excluding hydrogens is 312 g/mol. The Hall–Kier alpha value is -3.02. The van der Waals surface area contributed by atoms with Crippen LogP contribution in [0, 0.1) is 0 Å². The summed E-state index contributed by atoms with van der Waals surface area (Å²) in [6.07, 6.45) is 7.60. The van der Waals surface area contributed by atoms with E-state index in [0.29, 0.717) is 5.92 Å². The average Bonchev–Trinajstić information content (AvgIpc) is 2.70. The molecule has 1 aliphatic rings. The third-order valence-corrected chi connectivity index (χ3v) is 4.37. The summed E-state index contributed by atoms with van der Waals surface area (Å²) in [4.78, 5) is 20.1. The first-order valence-electron chi connectivity index (χ1n) is 8.55. The highest BCUT2D eigenvalue weighted by Crippen LogP contribution is 2.28. The highest BCUT2D eigenvalue weighted by molar-refractivity contribution is 5.51. The molecule has 0 aliphatic carbocycles. The molecular formula is C19H20N6. The maximum absolute atomic E-state index is 4.80. The van der Waals surface area contributed by atoms with Crippen molar-refractivity contribution in [3.05, 3.63) is 66.7 Å². The molecule has 1 atom stereocenters. The Labute approximate surface area is 147 Å². The monoisotopic (exact) mass is 332 g/mol. The van der Waals surface area contributed by atoms with Gasteiger partial charge in [0.1, 0.15) is 11.6 Å². The molecule has 0 unspecified atom stereocenters. The Balaban J connectivity index is 1.50. The van der Waals surface area contributed by atoms with E-state index < -0.39 is 0 Å². The summed E-state index contributed by atoms with van der Waals surface area (Å²) in [5, 5.41) is 3.27. The molecule has 6 nitrogen and oxygen atoms in total. The molecule has 6 heteroatoms. The third-order valence-electron chi connectivity index (χ3n) is 4.37. The second-order valence-corrected chi connectivity index (χ2v) is 6.12. The van der Waals surface area contributed by atoms with Gasteiger partial charge in [-0.25, -0.2) is 19.9 Å². The highest BCUT2D eigenvalue weighted by atomic mass is 15.3. The predicted molar refractivity (Wildman–Crippen MR) is 98.0 cm³/mol. The van der Waals surface area contributed by atoms with Crippen LogP contribution in [0.5, 0.6) is 0 Å². The van der Waals surface area contributed by atoms with Crippen molar-refractivity contribution < 1.29 is 0 Å². The van der Waals surface area contributed by atoms with Crippen molar-refractivity contribution >= 4 is 17.6 Å². The third kappa shape index (κ3) is 3.74. The lowest BCUT2D eigenvalue weighted by atomic mass is 9.94. The average molecular weight is 332 g/mol. The van der Waals surface area contributed by atoms with E-state index in [4.69, 9.17) is 4.98 Å². The van der Waals surface area contributed by atoms with Gasteiger partial charge in [0.05, 0.1) is 0 Å². The highest BCUT2D eigenvalue weighted by Gasteiger charge is 2.24. The van der Waals surface area contributed by atoms with Crippen molar-refractivity contribution in [3.8, 4) is 0 Å². The number of hydrogen-bond acceptors (Lipinski definition) is 6. The van der Waals surface area contributed by atoms with Gasteiger partial charge in [-0.15, -0.1) is 0 Å². The minimum Gasteiger partial charge on any atom is -0.340 e. The molecule has 0 saturated carbocycles. The summed E-state index contributed by atoms with van der Waals surface area (Å²) < 4.78 is 0. The zero-order valence-electron chi connectivity index (χ0n) is 13.9. The number of pyridine rings is 2. The van der Waals surface area contributed by atoms with E-state index in [1.54, 1.807) is 18.6 Å². The smallest absolute Gasteiger partial charge is 0.225 e. The fourth-order valence-corrected chi connectivity index (χ4v) is 3.17. The number of aromatic nitrogens is 4. The van der Waals surface area contributed by atoms with Crippen molar-refractivity contribution in [2.45, 2.75) is 18.8 Å². The summed E-state index contributed by atoms with van der Waals surface area (Å²) >= 11 is 0. The molecule has 1 aliphatic heterocycles. The second-order valence-electron chi connectivity index (χ2n) is 6.12. The van der Waals surface area contributed by atoms with E-state index in [1.165, 1.54) is 0 Å². The largest absolute Gasteiger partial charge is 0.340 e. The molecule has 4 heterocycles. The molecule has 0 spiro atoms. The van der Waals surface area contributed by atoms with Crippen LogP contribution in [0.1, 0.15) is 24.5 Å². The summed E-state index contributed by atoms with van der Waals surface area (Å²) in [6.45, 7) is 1.89. The topological polar surface area (TPSA) is 66.8 Å². The van der Waals surface area contributed by atoms with E-state index in [-0.39, 0.29) is 0 Å². The number of anilines is 3. The Morgan fingerprint density at radius 3 is 2.56 bits per heavy atom. The molecule has 25 heavy (non-hydrogen) atoms. The summed E-state index contributed by atoms with van der Waals surface area (Å²) in [5.74, 6) is 2.80. The van der Waals surface area contributed by atoms with Gasteiger partial charge in [0, 0.05) is 43.3 Å².